The van der Waals surface area contributed by atoms with E-state index < -0.39 is 0 Å². The van der Waals surface area contributed by atoms with Gasteiger partial charge in [-0.1, -0.05) is 134 Å². The Morgan fingerprint density at radius 3 is 1.34 bits per heavy atom. The standard InChI is InChI=1S/C37H31N/c1-37(33-15-9-4-10-16-33)27-25-36(26-28-37)38(34-21-17-31(18-22-34)29-11-5-2-6-12-29)35-23-19-32(20-24-35)30-13-7-3-8-14-30/h2-27H,28H2,1H3. The van der Waals surface area contributed by atoms with E-state index in [4.69, 9.17) is 0 Å². The first kappa shape index (κ1) is 23.8. The van der Waals surface area contributed by atoms with Gasteiger partial charge in [0.15, 0.2) is 0 Å². The van der Waals surface area contributed by atoms with Crippen molar-refractivity contribution < 1.29 is 0 Å². The fourth-order valence-electron chi connectivity index (χ4n) is 5.24. The Morgan fingerprint density at radius 1 is 0.500 bits per heavy atom. The van der Waals surface area contributed by atoms with Crippen LogP contribution in [-0.2, 0) is 5.41 Å². The monoisotopic (exact) mass is 489 g/mol. The Hall–Kier alpha value is -4.62. The summed E-state index contributed by atoms with van der Waals surface area (Å²) in [6, 6.07) is 49.7. The first-order valence-electron chi connectivity index (χ1n) is 13.3. The van der Waals surface area contributed by atoms with Crippen LogP contribution in [0.2, 0.25) is 0 Å². The van der Waals surface area contributed by atoms with Crippen molar-refractivity contribution in [3.8, 4) is 22.3 Å². The molecule has 184 valence electrons. The zero-order valence-electron chi connectivity index (χ0n) is 21.7. The van der Waals surface area contributed by atoms with Gasteiger partial charge in [-0.15, -0.1) is 0 Å². The number of allylic oxidation sites excluding steroid dienone is 3. The van der Waals surface area contributed by atoms with E-state index in [1.807, 2.05) is 0 Å². The van der Waals surface area contributed by atoms with Crippen LogP contribution in [0.4, 0.5) is 11.4 Å². The van der Waals surface area contributed by atoms with Crippen molar-refractivity contribution >= 4 is 11.4 Å². The summed E-state index contributed by atoms with van der Waals surface area (Å²) in [6.45, 7) is 2.32. The zero-order chi connectivity index (χ0) is 25.8. The summed E-state index contributed by atoms with van der Waals surface area (Å²) >= 11 is 0. The molecular weight excluding hydrogens is 458 g/mol. The molecule has 1 heteroatoms. The summed E-state index contributed by atoms with van der Waals surface area (Å²) in [5, 5.41) is 0. The highest BCUT2D eigenvalue weighted by molar-refractivity contribution is 5.76. The van der Waals surface area contributed by atoms with E-state index in [2.05, 4.69) is 170 Å². The number of hydrogen-bond donors (Lipinski definition) is 0. The lowest BCUT2D eigenvalue weighted by Gasteiger charge is -2.33. The highest BCUT2D eigenvalue weighted by Crippen LogP contribution is 2.39. The predicted octanol–water partition coefficient (Wildman–Crippen LogP) is 9.96. The summed E-state index contributed by atoms with van der Waals surface area (Å²) in [5.41, 5.74) is 9.73. The van der Waals surface area contributed by atoms with E-state index >= 15 is 0 Å². The lowest BCUT2D eigenvalue weighted by atomic mass is 9.77. The quantitative estimate of drug-likeness (QED) is 0.229. The molecule has 0 radical (unpaired) electrons. The average Bonchev–Trinajstić information content (AvgIpc) is 3.00. The molecule has 38 heavy (non-hydrogen) atoms. The second kappa shape index (κ2) is 10.4. The van der Waals surface area contributed by atoms with Gasteiger partial charge in [0.2, 0.25) is 0 Å². The van der Waals surface area contributed by atoms with Crippen LogP contribution >= 0.6 is 0 Å². The van der Waals surface area contributed by atoms with Gasteiger partial charge in [-0.25, -0.2) is 0 Å². The smallest absolute Gasteiger partial charge is 0.0461 e. The van der Waals surface area contributed by atoms with Crippen LogP contribution in [0.5, 0.6) is 0 Å². The molecule has 1 unspecified atom stereocenters. The summed E-state index contributed by atoms with van der Waals surface area (Å²) in [7, 11) is 0. The van der Waals surface area contributed by atoms with Gasteiger partial charge in [0.1, 0.15) is 0 Å². The van der Waals surface area contributed by atoms with Crippen molar-refractivity contribution in [2.45, 2.75) is 18.8 Å². The Morgan fingerprint density at radius 2 is 0.921 bits per heavy atom. The number of anilines is 2. The maximum atomic E-state index is 2.38. The summed E-state index contributed by atoms with van der Waals surface area (Å²) in [6.07, 6.45) is 7.97. The van der Waals surface area contributed by atoms with E-state index in [0.717, 1.165) is 17.8 Å². The third-order valence-electron chi connectivity index (χ3n) is 7.51. The normalized spacial score (nSPS) is 16.6. The molecule has 0 aromatic heterocycles. The van der Waals surface area contributed by atoms with Gasteiger partial charge in [-0.3, -0.25) is 0 Å². The number of benzene rings is 5. The molecule has 1 aliphatic rings. The average molecular weight is 490 g/mol. The van der Waals surface area contributed by atoms with Crippen molar-refractivity contribution in [1.82, 2.24) is 0 Å². The molecule has 0 N–H and O–H groups in total. The Balaban J connectivity index is 1.36. The lowest BCUT2D eigenvalue weighted by molar-refractivity contribution is 0.595. The second-order valence-corrected chi connectivity index (χ2v) is 10.1. The number of nitrogens with zero attached hydrogens (tertiary/aromatic N) is 1. The van der Waals surface area contributed by atoms with Crippen molar-refractivity contribution in [2.24, 2.45) is 0 Å². The minimum absolute atomic E-state index is 0.00916. The van der Waals surface area contributed by atoms with E-state index in [9.17, 15) is 0 Å². The van der Waals surface area contributed by atoms with Gasteiger partial charge in [0.05, 0.1) is 0 Å². The van der Waals surface area contributed by atoms with E-state index in [0.29, 0.717) is 0 Å². The molecule has 0 aliphatic heterocycles. The van der Waals surface area contributed by atoms with Crippen LogP contribution in [-0.4, -0.2) is 0 Å². The largest absolute Gasteiger partial charge is 0.311 e. The number of hydrogen-bond acceptors (Lipinski definition) is 1. The van der Waals surface area contributed by atoms with Crippen LogP contribution in [0, 0.1) is 0 Å². The molecule has 5 aromatic rings. The van der Waals surface area contributed by atoms with E-state index in [1.165, 1.54) is 33.5 Å². The molecule has 0 saturated carbocycles. The van der Waals surface area contributed by atoms with Crippen LogP contribution in [0.15, 0.2) is 163 Å². The van der Waals surface area contributed by atoms with Crippen molar-refractivity contribution in [1.29, 1.82) is 0 Å². The molecule has 1 atom stereocenters. The topological polar surface area (TPSA) is 3.24 Å². The predicted molar refractivity (Wildman–Crippen MR) is 162 cm³/mol. The highest BCUT2D eigenvalue weighted by atomic mass is 15.1. The number of rotatable bonds is 6. The maximum Gasteiger partial charge on any atom is 0.0461 e. The highest BCUT2D eigenvalue weighted by Gasteiger charge is 2.26. The minimum atomic E-state index is -0.00916. The van der Waals surface area contributed by atoms with Gasteiger partial charge in [0, 0.05) is 22.5 Å². The van der Waals surface area contributed by atoms with E-state index in [1.54, 1.807) is 0 Å². The molecule has 1 nitrogen and oxygen atoms in total. The fourth-order valence-corrected chi connectivity index (χ4v) is 5.24. The Kier molecular flexibility index (Phi) is 6.50. The molecule has 0 heterocycles. The van der Waals surface area contributed by atoms with Crippen LogP contribution < -0.4 is 4.90 Å². The molecule has 0 fully saturated rings. The maximum absolute atomic E-state index is 2.38. The molecule has 0 spiro atoms. The van der Waals surface area contributed by atoms with Crippen LogP contribution in [0.25, 0.3) is 22.3 Å². The molecule has 0 bridgehead atoms. The van der Waals surface area contributed by atoms with Gasteiger partial charge < -0.3 is 4.90 Å². The third kappa shape index (κ3) is 4.84. The molecule has 6 rings (SSSR count). The lowest BCUT2D eigenvalue weighted by Crippen LogP contribution is -2.24. The third-order valence-corrected chi connectivity index (χ3v) is 7.51. The first-order valence-corrected chi connectivity index (χ1v) is 13.3. The van der Waals surface area contributed by atoms with Crippen LogP contribution in [0.1, 0.15) is 18.9 Å². The van der Waals surface area contributed by atoms with Crippen molar-refractivity contribution in [3.05, 3.63) is 169 Å². The molecule has 5 aromatic carbocycles. The summed E-state index contributed by atoms with van der Waals surface area (Å²) < 4.78 is 0. The van der Waals surface area contributed by atoms with Gasteiger partial charge in [-0.05, 0) is 64.6 Å². The SMILES string of the molecule is CC1(c2ccccc2)C=CC(N(c2ccc(-c3ccccc3)cc2)c2ccc(-c3ccccc3)cc2)=CC1. The molecule has 0 saturated heterocycles. The van der Waals surface area contributed by atoms with Gasteiger partial charge in [0.25, 0.3) is 0 Å². The first-order chi connectivity index (χ1) is 18.7. The zero-order valence-corrected chi connectivity index (χ0v) is 21.7. The molecule has 1 aliphatic carbocycles. The Labute approximate surface area is 226 Å². The minimum Gasteiger partial charge on any atom is -0.311 e. The van der Waals surface area contributed by atoms with E-state index in [-0.39, 0.29) is 5.41 Å². The van der Waals surface area contributed by atoms with Crippen molar-refractivity contribution in [2.75, 3.05) is 4.90 Å². The fraction of sp³-hybridized carbons (Fsp3) is 0.0811. The molecule has 0 amide bonds. The summed E-state index contributed by atoms with van der Waals surface area (Å²) in [5.74, 6) is 0. The second-order valence-electron chi connectivity index (χ2n) is 10.1. The van der Waals surface area contributed by atoms with Crippen LogP contribution in [0.3, 0.4) is 0 Å². The van der Waals surface area contributed by atoms with Gasteiger partial charge >= 0.3 is 0 Å². The molecular formula is C37H31N. The summed E-state index contributed by atoms with van der Waals surface area (Å²) in [4.78, 5) is 2.37. The Bertz CT molecular complexity index is 1460. The van der Waals surface area contributed by atoms with Crippen molar-refractivity contribution in [3.63, 3.8) is 0 Å². The van der Waals surface area contributed by atoms with Gasteiger partial charge in [-0.2, -0.15) is 0 Å².